The second kappa shape index (κ2) is 4.05. The molecule has 0 bridgehead atoms. The average Bonchev–Trinajstić information content (AvgIpc) is 2.83. The third-order valence-electron chi connectivity index (χ3n) is 3.40. The predicted molar refractivity (Wildman–Crippen MR) is 65.4 cm³/mol. The van der Waals surface area contributed by atoms with Crippen LogP contribution in [0, 0.1) is 5.92 Å². The molecular weight excluding hydrogens is 248 g/mol. The molecule has 0 aromatic heterocycles. The van der Waals surface area contributed by atoms with Crippen molar-refractivity contribution in [3.63, 3.8) is 0 Å². The number of aliphatic hydroxyl groups is 2. The van der Waals surface area contributed by atoms with Gasteiger partial charge in [0, 0.05) is 12.5 Å². The molecular formula is C14H12O5. The van der Waals surface area contributed by atoms with Crippen LogP contribution < -0.4 is 0 Å². The van der Waals surface area contributed by atoms with Crippen molar-refractivity contribution >= 4 is 5.78 Å². The van der Waals surface area contributed by atoms with E-state index in [1.54, 1.807) is 12.1 Å². The van der Waals surface area contributed by atoms with Crippen LogP contribution in [0.4, 0.5) is 0 Å². The molecule has 1 aromatic carbocycles. The van der Waals surface area contributed by atoms with Gasteiger partial charge >= 0.3 is 0 Å². The van der Waals surface area contributed by atoms with E-state index < -0.39 is 17.5 Å². The van der Waals surface area contributed by atoms with E-state index >= 15 is 0 Å². The first kappa shape index (κ1) is 11.6. The molecule has 0 saturated carbocycles. The molecule has 5 heteroatoms. The number of carbonyl (C=O) groups is 1. The lowest BCUT2D eigenvalue weighted by Gasteiger charge is -2.14. The molecule has 19 heavy (non-hydrogen) atoms. The molecule has 98 valence electrons. The van der Waals surface area contributed by atoms with E-state index in [0.717, 1.165) is 11.6 Å². The number of hydrogen-bond donors (Lipinski definition) is 3. The Hall–Kier alpha value is -2.43. The largest absolute Gasteiger partial charge is 0.508 e. The SMILES string of the molecule is O=C1C(O)=CC(O)=C2OC(c3ccc(O)cc3)CC12. The first-order valence-corrected chi connectivity index (χ1v) is 5.90. The number of hydrogen-bond acceptors (Lipinski definition) is 5. The van der Waals surface area contributed by atoms with E-state index in [0.29, 0.717) is 6.42 Å². The molecule has 0 radical (unpaired) electrons. The molecule has 1 aromatic rings. The Kier molecular flexibility index (Phi) is 2.48. The molecule has 2 atom stereocenters. The van der Waals surface area contributed by atoms with Gasteiger partial charge in [-0.1, -0.05) is 12.1 Å². The normalized spacial score (nSPS) is 25.9. The van der Waals surface area contributed by atoms with Crippen LogP contribution in [-0.4, -0.2) is 21.1 Å². The summed E-state index contributed by atoms with van der Waals surface area (Å²) in [6.07, 6.45) is 1.000. The standard InChI is InChI=1S/C14H12O5/c15-8-3-1-7(2-4-8)12-5-9-13(18)10(16)6-11(17)14(9)19-12/h1-4,6,9,12,15-17H,5H2. The molecule has 1 fully saturated rings. The van der Waals surface area contributed by atoms with Gasteiger partial charge in [-0.05, 0) is 17.7 Å². The number of aromatic hydroxyl groups is 1. The summed E-state index contributed by atoms with van der Waals surface area (Å²) in [6.45, 7) is 0. The molecule has 2 unspecified atom stereocenters. The quantitative estimate of drug-likeness (QED) is 0.721. The Morgan fingerprint density at radius 1 is 1.11 bits per heavy atom. The van der Waals surface area contributed by atoms with E-state index in [4.69, 9.17) is 4.74 Å². The number of fused-ring (bicyclic) bond motifs is 1. The van der Waals surface area contributed by atoms with Crippen molar-refractivity contribution in [3.8, 4) is 5.75 Å². The number of phenolic OH excluding ortho intramolecular Hbond substituents is 1. The third kappa shape index (κ3) is 1.83. The van der Waals surface area contributed by atoms with E-state index in [1.165, 1.54) is 12.1 Å². The second-order valence-electron chi connectivity index (χ2n) is 4.63. The number of phenols is 1. The smallest absolute Gasteiger partial charge is 0.208 e. The number of aliphatic hydroxyl groups excluding tert-OH is 2. The fraction of sp³-hybridized carbons (Fsp3) is 0.214. The lowest BCUT2D eigenvalue weighted by Crippen LogP contribution is -2.20. The Morgan fingerprint density at radius 3 is 2.47 bits per heavy atom. The summed E-state index contributed by atoms with van der Waals surface area (Å²) < 4.78 is 5.59. The third-order valence-corrected chi connectivity index (χ3v) is 3.40. The number of benzene rings is 1. The summed E-state index contributed by atoms with van der Waals surface area (Å²) in [5.41, 5.74) is 0.805. The second-order valence-corrected chi connectivity index (χ2v) is 4.63. The summed E-state index contributed by atoms with van der Waals surface area (Å²) in [5, 5.41) is 28.4. The average molecular weight is 260 g/mol. The minimum absolute atomic E-state index is 0.150. The van der Waals surface area contributed by atoms with Crippen LogP contribution in [0.3, 0.4) is 0 Å². The highest BCUT2D eigenvalue weighted by atomic mass is 16.5. The van der Waals surface area contributed by atoms with Crippen LogP contribution in [0.25, 0.3) is 0 Å². The maximum atomic E-state index is 11.8. The van der Waals surface area contributed by atoms with Crippen molar-refractivity contribution in [1.82, 2.24) is 0 Å². The zero-order valence-corrected chi connectivity index (χ0v) is 9.91. The van der Waals surface area contributed by atoms with Crippen LogP contribution in [-0.2, 0) is 9.53 Å². The number of rotatable bonds is 1. The highest BCUT2D eigenvalue weighted by molar-refractivity contribution is 5.98. The van der Waals surface area contributed by atoms with Crippen LogP contribution in [0.5, 0.6) is 5.75 Å². The number of ketones is 1. The molecule has 3 rings (SSSR count). The molecule has 5 nitrogen and oxygen atoms in total. The highest BCUT2D eigenvalue weighted by Crippen LogP contribution is 2.43. The Bertz CT molecular complexity index is 597. The lowest BCUT2D eigenvalue weighted by atomic mass is 9.91. The maximum absolute atomic E-state index is 11.8. The molecule has 1 heterocycles. The first-order valence-electron chi connectivity index (χ1n) is 5.90. The van der Waals surface area contributed by atoms with Crippen molar-refractivity contribution in [3.05, 3.63) is 53.2 Å². The summed E-state index contributed by atoms with van der Waals surface area (Å²) in [6, 6.07) is 6.47. The fourth-order valence-electron chi connectivity index (χ4n) is 2.41. The molecule has 1 aliphatic heterocycles. The predicted octanol–water partition coefficient (Wildman–Crippen LogP) is 2.26. The maximum Gasteiger partial charge on any atom is 0.208 e. The van der Waals surface area contributed by atoms with Gasteiger partial charge in [0.05, 0.1) is 5.92 Å². The van der Waals surface area contributed by atoms with Crippen molar-refractivity contribution in [2.75, 3.05) is 0 Å². The topological polar surface area (TPSA) is 87.0 Å². The molecule has 0 spiro atoms. The van der Waals surface area contributed by atoms with E-state index in [9.17, 15) is 20.1 Å². The first-order chi connectivity index (χ1) is 9.06. The number of Topliss-reactive ketones (excluding diaryl/α,β-unsaturated/α-hetero) is 1. The Labute approximate surface area is 109 Å². The van der Waals surface area contributed by atoms with Gasteiger partial charge in [-0.2, -0.15) is 0 Å². The summed E-state index contributed by atoms with van der Waals surface area (Å²) in [4.78, 5) is 11.8. The summed E-state index contributed by atoms with van der Waals surface area (Å²) in [7, 11) is 0. The van der Waals surface area contributed by atoms with Gasteiger partial charge in [-0.3, -0.25) is 4.79 Å². The zero-order valence-electron chi connectivity index (χ0n) is 9.91. The lowest BCUT2D eigenvalue weighted by molar-refractivity contribution is -0.121. The highest BCUT2D eigenvalue weighted by Gasteiger charge is 2.42. The molecule has 0 amide bonds. The summed E-state index contributed by atoms with van der Waals surface area (Å²) in [5.74, 6) is -1.36. The minimum Gasteiger partial charge on any atom is -0.508 e. The van der Waals surface area contributed by atoms with Gasteiger partial charge in [0.1, 0.15) is 17.6 Å². The van der Waals surface area contributed by atoms with E-state index in [-0.39, 0.29) is 23.4 Å². The Morgan fingerprint density at radius 2 is 1.79 bits per heavy atom. The number of carbonyl (C=O) groups excluding carboxylic acids is 1. The number of allylic oxidation sites excluding steroid dienone is 3. The fourth-order valence-corrected chi connectivity index (χ4v) is 2.41. The van der Waals surface area contributed by atoms with E-state index in [1.807, 2.05) is 0 Å². The van der Waals surface area contributed by atoms with Crippen molar-refractivity contribution in [1.29, 1.82) is 0 Å². The van der Waals surface area contributed by atoms with Crippen LogP contribution >= 0.6 is 0 Å². The summed E-state index contributed by atoms with van der Waals surface area (Å²) >= 11 is 0. The number of ether oxygens (including phenoxy) is 1. The Balaban J connectivity index is 1.91. The van der Waals surface area contributed by atoms with Gasteiger partial charge in [0.25, 0.3) is 0 Å². The van der Waals surface area contributed by atoms with Crippen molar-refractivity contribution < 1.29 is 24.9 Å². The van der Waals surface area contributed by atoms with Gasteiger partial charge in [-0.25, -0.2) is 0 Å². The molecule has 1 aliphatic carbocycles. The van der Waals surface area contributed by atoms with Crippen molar-refractivity contribution in [2.45, 2.75) is 12.5 Å². The van der Waals surface area contributed by atoms with Crippen LogP contribution in [0.1, 0.15) is 18.1 Å². The van der Waals surface area contributed by atoms with Crippen LogP contribution in [0.15, 0.2) is 47.6 Å². The van der Waals surface area contributed by atoms with Gasteiger partial charge in [0.15, 0.2) is 11.5 Å². The van der Waals surface area contributed by atoms with Crippen LogP contribution in [0.2, 0.25) is 0 Å². The molecule has 1 saturated heterocycles. The minimum atomic E-state index is -0.635. The molecule has 3 N–H and O–H groups in total. The monoisotopic (exact) mass is 260 g/mol. The van der Waals surface area contributed by atoms with Gasteiger partial charge in [0.2, 0.25) is 5.78 Å². The van der Waals surface area contributed by atoms with Gasteiger partial charge < -0.3 is 20.1 Å². The van der Waals surface area contributed by atoms with E-state index in [2.05, 4.69) is 0 Å². The van der Waals surface area contributed by atoms with Crippen molar-refractivity contribution in [2.24, 2.45) is 5.92 Å². The molecule has 2 aliphatic rings. The van der Waals surface area contributed by atoms with Gasteiger partial charge in [-0.15, -0.1) is 0 Å². The zero-order chi connectivity index (χ0) is 13.6.